The van der Waals surface area contributed by atoms with Gasteiger partial charge in [0.1, 0.15) is 18.2 Å². The number of alkyl carbamates (subject to hydrolysis) is 1. The molecule has 2 N–H and O–H groups in total. The number of nitrogens with one attached hydrogen (secondary N) is 1. The molecule has 8 heteroatoms. The predicted octanol–water partition coefficient (Wildman–Crippen LogP) is 5.65. The van der Waals surface area contributed by atoms with E-state index in [0.29, 0.717) is 12.8 Å². The van der Waals surface area contributed by atoms with E-state index in [0.717, 1.165) is 22.3 Å². The van der Waals surface area contributed by atoms with Gasteiger partial charge in [-0.3, -0.25) is 4.90 Å². The summed E-state index contributed by atoms with van der Waals surface area (Å²) in [6.07, 6.45) is -0.589. The molecule has 1 aliphatic rings. The second-order valence-electron chi connectivity index (χ2n) is 10.8. The minimum Gasteiger partial charge on any atom is -0.480 e. The monoisotopic (exact) mass is 510 g/mol. The van der Waals surface area contributed by atoms with Gasteiger partial charge in [0.2, 0.25) is 0 Å². The van der Waals surface area contributed by atoms with Gasteiger partial charge in [0, 0.05) is 19.0 Å². The molecule has 3 rings (SSSR count). The number of carbonyl (C=O) groups is 3. The van der Waals surface area contributed by atoms with E-state index in [2.05, 4.69) is 17.4 Å². The molecule has 0 aromatic heterocycles. The SMILES string of the molecule is CC(C)C[C@@H](C(=O)O)N(CCCNC(=O)OC(C)(C)C)C(=O)OCC1c2ccccc2-c2ccccc21. The van der Waals surface area contributed by atoms with Gasteiger partial charge in [0.15, 0.2) is 0 Å². The van der Waals surface area contributed by atoms with Gasteiger partial charge in [-0.15, -0.1) is 0 Å². The zero-order valence-corrected chi connectivity index (χ0v) is 22.3. The van der Waals surface area contributed by atoms with Crippen LogP contribution < -0.4 is 5.32 Å². The normalized spacial score (nSPS) is 13.5. The quantitative estimate of drug-likeness (QED) is 0.400. The van der Waals surface area contributed by atoms with Crippen molar-refractivity contribution in [1.29, 1.82) is 0 Å². The van der Waals surface area contributed by atoms with Crippen LogP contribution in [-0.2, 0) is 14.3 Å². The number of hydrogen-bond acceptors (Lipinski definition) is 5. The molecule has 2 aromatic rings. The summed E-state index contributed by atoms with van der Waals surface area (Å²) in [4.78, 5) is 38.6. The topological polar surface area (TPSA) is 105 Å². The molecule has 0 bridgehead atoms. The van der Waals surface area contributed by atoms with Crippen LogP contribution in [0.2, 0.25) is 0 Å². The molecule has 0 saturated heterocycles. The molecule has 2 aromatic carbocycles. The first kappa shape index (κ1) is 28.0. The van der Waals surface area contributed by atoms with Gasteiger partial charge in [0.05, 0.1) is 0 Å². The summed E-state index contributed by atoms with van der Waals surface area (Å²) in [6, 6.07) is 15.1. The molecular formula is C29H38N2O6. The second kappa shape index (κ2) is 12.1. The predicted molar refractivity (Wildman–Crippen MR) is 142 cm³/mol. The average molecular weight is 511 g/mol. The summed E-state index contributed by atoms with van der Waals surface area (Å²) in [6.45, 7) is 9.60. The molecule has 0 aliphatic heterocycles. The Morgan fingerprint density at radius 1 is 1.00 bits per heavy atom. The van der Waals surface area contributed by atoms with Gasteiger partial charge in [-0.1, -0.05) is 62.4 Å². The Kier molecular flexibility index (Phi) is 9.18. The molecule has 2 amide bonds. The lowest BCUT2D eigenvalue weighted by Crippen LogP contribution is -2.47. The lowest BCUT2D eigenvalue weighted by molar-refractivity contribution is -0.143. The van der Waals surface area contributed by atoms with E-state index in [-0.39, 0.29) is 31.5 Å². The van der Waals surface area contributed by atoms with Crippen LogP contribution in [0.4, 0.5) is 9.59 Å². The van der Waals surface area contributed by atoms with Gasteiger partial charge >= 0.3 is 18.2 Å². The first-order valence-corrected chi connectivity index (χ1v) is 12.8. The van der Waals surface area contributed by atoms with Crippen LogP contribution in [0.1, 0.15) is 64.5 Å². The van der Waals surface area contributed by atoms with Crippen LogP contribution in [0.25, 0.3) is 11.1 Å². The van der Waals surface area contributed by atoms with Crippen molar-refractivity contribution in [2.75, 3.05) is 19.7 Å². The minimum absolute atomic E-state index is 0.0601. The molecule has 0 fully saturated rings. The summed E-state index contributed by atoms with van der Waals surface area (Å²) in [7, 11) is 0. The number of carboxylic acids is 1. The molecule has 0 saturated carbocycles. The summed E-state index contributed by atoms with van der Waals surface area (Å²) < 4.78 is 11.0. The molecule has 200 valence electrons. The maximum absolute atomic E-state index is 13.3. The molecular weight excluding hydrogens is 472 g/mol. The van der Waals surface area contributed by atoms with Crippen molar-refractivity contribution >= 4 is 18.2 Å². The van der Waals surface area contributed by atoms with E-state index in [1.165, 1.54) is 4.90 Å². The maximum Gasteiger partial charge on any atom is 0.410 e. The number of amides is 2. The largest absolute Gasteiger partial charge is 0.480 e. The van der Waals surface area contributed by atoms with Gasteiger partial charge < -0.3 is 19.9 Å². The number of benzene rings is 2. The Morgan fingerprint density at radius 2 is 1.57 bits per heavy atom. The van der Waals surface area contributed by atoms with Crippen LogP contribution in [0.5, 0.6) is 0 Å². The summed E-state index contributed by atoms with van der Waals surface area (Å²) in [5, 5.41) is 12.6. The zero-order valence-electron chi connectivity index (χ0n) is 22.3. The molecule has 0 heterocycles. The van der Waals surface area contributed by atoms with Crippen LogP contribution in [-0.4, -0.2) is 59.5 Å². The van der Waals surface area contributed by atoms with Crippen molar-refractivity contribution in [2.24, 2.45) is 5.92 Å². The molecule has 37 heavy (non-hydrogen) atoms. The first-order chi connectivity index (χ1) is 17.5. The van der Waals surface area contributed by atoms with E-state index >= 15 is 0 Å². The van der Waals surface area contributed by atoms with Crippen LogP contribution in [0.15, 0.2) is 48.5 Å². The molecule has 8 nitrogen and oxygen atoms in total. The fourth-order valence-corrected chi connectivity index (χ4v) is 4.61. The smallest absolute Gasteiger partial charge is 0.410 e. The number of rotatable bonds is 10. The van der Waals surface area contributed by atoms with Gasteiger partial charge in [-0.2, -0.15) is 0 Å². The number of carbonyl (C=O) groups excluding carboxylic acids is 2. The van der Waals surface area contributed by atoms with E-state index in [4.69, 9.17) is 9.47 Å². The van der Waals surface area contributed by atoms with Crippen molar-refractivity contribution < 1.29 is 29.0 Å². The molecule has 1 atom stereocenters. The lowest BCUT2D eigenvalue weighted by atomic mass is 9.98. The van der Waals surface area contributed by atoms with Crippen LogP contribution in [0, 0.1) is 5.92 Å². The second-order valence-corrected chi connectivity index (χ2v) is 10.8. The highest BCUT2D eigenvalue weighted by Crippen LogP contribution is 2.44. The van der Waals surface area contributed by atoms with Gasteiger partial charge in [-0.05, 0) is 61.8 Å². The van der Waals surface area contributed by atoms with Gasteiger partial charge in [-0.25, -0.2) is 14.4 Å². The molecule has 0 radical (unpaired) electrons. The number of carboxylic acid groups (broad SMARTS) is 1. The molecule has 0 spiro atoms. The molecule has 1 aliphatic carbocycles. The Labute approximate surface area is 219 Å². The number of aliphatic carboxylic acids is 1. The summed E-state index contributed by atoms with van der Waals surface area (Å²) in [5.41, 5.74) is 3.78. The van der Waals surface area contributed by atoms with E-state index < -0.39 is 29.8 Å². The average Bonchev–Trinajstić information content (AvgIpc) is 3.14. The fraction of sp³-hybridized carbons (Fsp3) is 0.483. The zero-order chi connectivity index (χ0) is 27.2. The summed E-state index contributed by atoms with van der Waals surface area (Å²) in [5.74, 6) is -1.15. The number of hydrogen-bond donors (Lipinski definition) is 2. The minimum atomic E-state index is -1.08. The third kappa shape index (κ3) is 7.47. The van der Waals surface area contributed by atoms with Crippen molar-refractivity contribution in [1.82, 2.24) is 10.2 Å². The van der Waals surface area contributed by atoms with Crippen LogP contribution >= 0.6 is 0 Å². The third-order valence-corrected chi connectivity index (χ3v) is 6.17. The first-order valence-electron chi connectivity index (χ1n) is 12.8. The van der Waals surface area contributed by atoms with Crippen molar-refractivity contribution in [3.8, 4) is 11.1 Å². The molecule has 0 unspecified atom stereocenters. The Hall–Kier alpha value is -3.55. The van der Waals surface area contributed by atoms with Crippen LogP contribution in [0.3, 0.4) is 0 Å². The Balaban J connectivity index is 1.70. The van der Waals surface area contributed by atoms with E-state index in [9.17, 15) is 19.5 Å². The van der Waals surface area contributed by atoms with Crippen molar-refractivity contribution in [3.63, 3.8) is 0 Å². The Morgan fingerprint density at radius 3 is 2.08 bits per heavy atom. The van der Waals surface area contributed by atoms with E-state index in [1.54, 1.807) is 20.8 Å². The van der Waals surface area contributed by atoms with Gasteiger partial charge in [0.25, 0.3) is 0 Å². The highest BCUT2D eigenvalue weighted by atomic mass is 16.6. The van der Waals surface area contributed by atoms with Crippen molar-refractivity contribution in [2.45, 2.75) is 65.0 Å². The van der Waals surface area contributed by atoms with Crippen molar-refractivity contribution in [3.05, 3.63) is 59.7 Å². The lowest BCUT2D eigenvalue weighted by Gasteiger charge is -2.30. The number of ether oxygens (including phenoxy) is 2. The summed E-state index contributed by atoms with van der Waals surface area (Å²) >= 11 is 0. The highest BCUT2D eigenvalue weighted by Gasteiger charge is 2.34. The number of nitrogens with zero attached hydrogens (tertiary/aromatic N) is 1. The maximum atomic E-state index is 13.3. The Bertz CT molecular complexity index is 1060. The fourth-order valence-electron chi connectivity index (χ4n) is 4.61. The van der Waals surface area contributed by atoms with E-state index in [1.807, 2.05) is 50.2 Å². The standard InChI is InChI=1S/C29H38N2O6/c1-19(2)17-25(26(32)33)31(16-10-15-30-27(34)37-29(3,4)5)28(35)36-18-24-22-13-8-6-11-20(22)21-12-7-9-14-23(21)24/h6-9,11-14,19,24-25H,10,15-18H2,1-5H3,(H,30,34)(H,32,33)/t25-/m0/s1. The third-order valence-electron chi connectivity index (χ3n) is 6.17. The number of fused-ring (bicyclic) bond motifs is 3. The highest BCUT2D eigenvalue weighted by molar-refractivity contribution is 5.81.